The normalized spacial score (nSPS) is 13.6. The number of imidazole rings is 1. The van der Waals surface area contributed by atoms with Crippen LogP contribution in [-0.4, -0.2) is 9.97 Å². The average Bonchev–Trinajstić information content (AvgIpc) is 2.82. The number of nitrogens with one attached hydrogen (secondary N) is 1. The van der Waals surface area contributed by atoms with Crippen LogP contribution in [0.1, 0.15) is 23.0 Å². The summed E-state index contributed by atoms with van der Waals surface area (Å²) in [7, 11) is 0. The van der Waals surface area contributed by atoms with Crippen LogP contribution in [0, 0.1) is 0 Å². The fourth-order valence-electron chi connectivity index (χ4n) is 1.66. The Morgan fingerprint density at radius 3 is 2.39 bits per heavy atom. The Labute approximate surface area is 102 Å². The van der Waals surface area contributed by atoms with Crippen molar-refractivity contribution in [3.63, 3.8) is 0 Å². The summed E-state index contributed by atoms with van der Waals surface area (Å²) in [4.78, 5) is 6.89. The molecule has 0 aliphatic carbocycles. The van der Waals surface area contributed by atoms with Crippen molar-refractivity contribution in [2.45, 2.75) is 18.6 Å². The zero-order valence-corrected chi connectivity index (χ0v) is 9.41. The third-order valence-electron chi connectivity index (χ3n) is 2.61. The second-order valence-electron chi connectivity index (χ2n) is 3.98. The number of halogens is 3. The van der Waals surface area contributed by atoms with Gasteiger partial charge in [-0.05, 0) is 24.1 Å². The molecule has 1 aromatic carbocycles. The van der Waals surface area contributed by atoms with Crippen LogP contribution in [0.3, 0.4) is 0 Å². The van der Waals surface area contributed by atoms with Crippen molar-refractivity contribution in [1.82, 2.24) is 9.97 Å². The number of alkyl halides is 3. The third kappa shape index (κ3) is 2.89. The highest BCUT2D eigenvalue weighted by Gasteiger charge is 2.29. The summed E-state index contributed by atoms with van der Waals surface area (Å²) in [6.07, 6.45) is -0.628. The molecule has 0 saturated heterocycles. The van der Waals surface area contributed by atoms with Gasteiger partial charge in [0.05, 0.1) is 11.6 Å². The molecule has 96 valence electrons. The van der Waals surface area contributed by atoms with Gasteiger partial charge in [0.15, 0.2) is 0 Å². The molecule has 0 spiro atoms. The van der Waals surface area contributed by atoms with Gasteiger partial charge in [0.2, 0.25) is 0 Å². The monoisotopic (exact) mass is 255 g/mol. The minimum Gasteiger partial charge on any atom is -0.347 e. The Kier molecular flexibility index (Phi) is 3.38. The van der Waals surface area contributed by atoms with Crippen LogP contribution < -0.4 is 5.73 Å². The number of benzene rings is 1. The van der Waals surface area contributed by atoms with E-state index < -0.39 is 11.7 Å². The second kappa shape index (κ2) is 4.81. The minimum atomic E-state index is -4.30. The first kappa shape index (κ1) is 12.6. The lowest BCUT2D eigenvalue weighted by atomic mass is 10.0. The first-order valence-electron chi connectivity index (χ1n) is 5.38. The fraction of sp³-hybridized carbons (Fsp3) is 0.250. The molecule has 0 amide bonds. The van der Waals surface area contributed by atoms with Gasteiger partial charge in [-0.2, -0.15) is 13.2 Å². The molecule has 3 N–H and O–H groups in total. The van der Waals surface area contributed by atoms with Gasteiger partial charge in [-0.25, -0.2) is 4.98 Å². The van der Waals surface area contributed by atoms with Crippen LogP contribution in [-0.2, 0) is 12.6 Å². The molecule has 0 bridgehead atoms. The van der Waals surface area contributed by atoms with Gasteiger partial charge in [-0.3, -0.25) is 0 Å². The van der Waals surface area contributed by atoms with Crippen LogP contribution >= 0.6 is 0 Å². The van der Waals surface area contributed by atoms with E-state index >= 15 is 0 Å². The Hall–Kier alpha value is -1.82. The summed E-state index contributed by atoms with van der Waals surface area (Å²) in [5.41, 5.74) is 5.97. The molecule has 2 rings (SSSR count). The number of nitrogens with two attached hydrogens (primary N) is 1. The van der Waals surface area contributed by atoms with Gasteiger partial charge in [-0.1, -0.05) is 12.1 Å². The number of rotatable bonds is 3. The van der Waals surface area contributed by atoms with Crippen LogP contribution in [0.5, 0.6) is 0 Å². The largest absolute Gasteiger partial charge is 0.416 e. The standard InChI is InChI=1S/C12H12F3N3/c13-12(14,15)9-3-1-8(2-4-9)7-10(16)11-17-5-6-18-11/h1-6,10H,7,16H2,(H,17,18). The van der Waals surface area contributed by atoms with E-state index in [2.05, 4.69) is 9.97 Å². The molecule has 1 aromatic heterocycles. The molecule has 1 atom stereocenters. The van der Waals surface area contributed by atoms with E-state index in [9.17, 15) is 13.2 Å². The summed E-state index contributed by atoms with van der Waals surface area (Å²) in [5, 5.41) is 0. The van der Waals surface area contributed by atoms with E-state index in [0.29, 0.717) is 12.2 Å². The van der Waals surface area contributed by atoms with E-state index in [1.807, 2.05) is 0 Å². The Balaban J connectivity index is 2.07. The molecular formula is C12H12F3N3. The lowest BCUT2D eigenvalue weighted by Crippen LogP contribution is -2.15. The SMILES string of the molecule is NC(Cc1ccc(C(F)(F)F)cc1)c1ncc[nH]1. The fourth-order valence-corrected chi connectivity index (χ4v) is 1.66. The summed E-state index contributed by atoms with van der Waals surface area (Å²) < 4.78 is 37.1. The summed E-state index contributed by atoms with van der Waals surface area (Å²) >= 11 is 0. The van der Waals surface area contributed by atoms with E-state index in [1.54, 1.807) is 12.4 Å². The highest BCUT2D eigenvalue weighted by molar-refractivity contribution is 5.25. The van der Waals surface area contributed by atoms with Crippen LogP contribution in [0.2, 0.25) is 0 Å². The van der Waals surface area contributed by atoms with E-state index in [-0.39, 0.29) is 6.04 Å². The highest BCUT2D eigenvalue weighted by atomic mass is 19.4. The highest BCUT2D eigenvalue weighted by Crippen LogP contribution is 2.29. The predicted octanol–water partition coefficient (Wildman–Crippen LogP) is 2.67. The molecule has 0 radical (unpaired) electrons. The van der Waals surface area contributed by atoms with Crippen molar-refractivity contribution in [2.75, 3.05) is 0 Å². The predicted molar refractivity (Wildman–Crippen MR) is 60.7 cm³/mol. The molecule has 0 saturated carbocycles. The van der Waals surface area contributed by atoms with Crippen molar-refractivity contribution in [3.8, 4) is 0 Å². The van der Waals surface area contributed by atoms with Gasteiger partial charge in [-0.15, -0.1) is 0 Å². The number of aromatic nitrogens is 2. The molecule has 0 fully saturated rings. The summed E-state index contributed by atoms with van der Waals surface area (Å²) in [5.74, 6) is 0.620. The first-order chi connectivity index (χ1) is 8.47. The molecule has 6 heteroatoms. The lowest BCUT2D eigenvalue weighted by molar-refractivity contribution is -0.137. The molecule has 3 nitrogen and oxygen atoms in total. The first-order valence-corrected chi connectivity index (χ1v) is 5.38. The maximum Gasteiger partial charge on any atom is 0.416 e. The van der Waals surface area contributed by atoms with Gasteiger partial charge in [0, 0.05) is 12.4 Å². The Morgan fingerprint density at radius 1 is 1.22 bits per heavy atom. The summed E-state index contributed by atoms with van der Waals surface area (Å²) in [6.45, 7) is 0. The molecule has 1 heterocycles. The number of hydrogen-bond donors (Lipinski definition) is 2. The van der Waals surface area contributed by atoms with Gasteiger partial charge >= 0.3 is 6.18 Å². The minimum absolute atomic E-state index is 0.350. The number of H-pyrrole nitrogens is 1. The third-order valence-corrected chi connectivity index (χ3v) is 2.61. The molecule has 1 unspecified atom stereocenters. The van der Waals surface area contributed by atoms with Crippen LogP contribution in [0.15, 0.2) is 36.7 Å². The molecule has 18 heavy (non-hydrogen) atoms. The molecule has 0 aliphatic heterocycles. The van der Waals surface area contributed by atoms with Crippen LogP contribution in [0.4, 0.5) is 13.2 Å². The lowest BCUT2D eigenvalue weighted by Gasteiger charge is -2.10. The van der Waals surface area contributed by atoms with Gasteiger partial charge in [0.1, 0.15) is 5.82 Å². The van der Waals surface area contributed by atoms with Crippen molar-refractivity contribution in [2.24, 2.45) is 5.73 Å². The number of aromatic amines is 1. The van der Waals surface area contributed by atoms with Crippen molar-refractivity contribution < 1.29 is 13.2 Å². The van der Waals surface area contributed by atoms with Crippen LogP contribution in [0.25, 0.3) is 0 Å². The van der Waals surface area contributed by atoms with E-state index in [1.165, 1.54) is 12.1 Å². The van der Waals surface area contributed by atoms with Crippen molar-refractivity contribution >= 4 is 0 Å². The maximum atomic E-state index is 12.4. The van der Waals surface area contributed by atoms with Crippen molar-refractivity contribution in [1.29, 1.82) is 0 Å². The zero-order chi connectivity index (χ0) is 13.2. The quantitative estimate of drug-likeness (QED) is 0.885. The number of nitrogens with zero attached hydrogens (tertiary/aromatic N) is 1. The van der Waals surface area contributed by atoms with Gasteiger partial charge in [0.25, 0.3) is 0 Å². The Bertz CT molecular complexity index is 488. The topological polar surface area (TPSA) is 54.7 Å². The second-order valence-corrected chi connectivity index (χ2v) is 3.98. The smallest absolute Gasteiger partial charge is 0.347 e. The van der Waals surface area contributed by atoms with E-state index in [4.69, 9.17) is 5.73 Å². The van der Waals surface area contributed by atoms with Gasteiger partial charge < -0.3 is 10.7 Å². The average molecular weight is 255 g/mol. The maximum absolute atomic E-state index is 12.4. The summed E-state index contributed by atoms with van der Waals surface area (Å²) in [6, 6.07) is 4.64. The number of hydrogen-bond acceptors (Lipinski definition) is 2. The van der Waals surface area contributed by atoms with Crippen molar-refractivity contribution in [3.05, 3.63) is 53.6 Å². The zero-order valence-electron chi connectivity index (χ0n) is 9.41. The molecule has 2 aromatic rings. The molecule has 0 aliphatic rings. The van der Waals surface area contributed by atoms with E-state index in [0.717, 1.165) is 17.7 Å². The Morgan fingerprint density at radius 2 is 1.89 bits per heavy atom. The molecular weight excluding hydrogens is 243 g/mol.